The van der Waals surface area contributed by atoms with Gasteiger partial charge in [0.1, 0.15) is 11.5 Å². The normalized spacial score (nSPS) is 10.6. The van der Waals surface area contributed by atoms with E-state index in [0.717, 1.165) is 40.2 Å². The van der Waals surface area contributed by atoms with Crippen LogP contribution in [0, 0.1) is 0 Å². The van der Waals surface area contributed by atoms with Gasteiger partial charge in [-0.15, -0.1) is 11.8 Å². The third kappa shape index (κ3) is 5.29. The summed E-state index contributed by atoms with van der Waals surface area (Å²) in [7, 11) is 0. The number of nitrogens with zero attached hydrogens (tertiary/aromatic N) is 1. The van der Waals surface area contributed by atoms with E-state index in [9.17, 15) is 0 Å². The molecule has 5 heteroatoms. The van der Waals surface area contributed by atoms with Crippen molar-refractivity contribution < 1.29 is 13.9 Å². The second kappa shape index (κ2) is 9.18. The number of benzene rings is 2. The number of hydrogen-bond donors (Lipinski definition) is 0. The zero-order valence-corrected chi connectivity index (χ0v) is 15.0. The van der Waals surface area contributed by atoms with Crippen molar-refractivity contribution in [3.05, 3.63) is 66.7 Å². The molecule has 3 aromatic rings. The van der Waals surface area contributed by atoms with E-state index >= 15 is 0 Å². The van der Waals surface area contributed by atoms with Gasteiger partial charge in [0.2, 0.25) is 5.89 Å². The van der Waals surface area contributed by atoms with Crippen molar-refractivity contribution in [3.8, 4) is 22.8 Å². The van der Waals surface area contributed by atoms with Crippen LogP contribution in [-0.2, 0) is 5.75 Å². The van der Waals surface area contributed by atoms with Gasteiger partial charge < -0.3 is 13.9 Å². The van der Waals surface area contributed by atoms with Crippen molar-refractivity contribution in [1.82, 2.24) is 4.98 Å². The first kappa shape index (κ1) is 17.4. The molecule has 1 aromatic heterocycles. The molecule has 0 aliphatic carbocycles. The lowest BCUT2D eigenvalue weighted by Gasteiger charge is -2.04. The molecule has 2 aromatic carbocycles. The third-order valence-corrected chi connectivity index (χ3v) is 4.37. The predicted molar refractivity (Wildman–Crippen MR) is 101 cm³/mol. The number of ether oxygens (including phenoxy) is 2. The van der Waals surface area contributed by atoms with Gasteiger partial charge in [0.15, 0.2) is 5.76 Å². The number of hydrogen-bond acceptors (Lipinski definition) is 5. The molecule has 0 bridgehead atoms. The van der Waals surface area contributed by atoms with Gasteiger partial charge in [0, 0.05) is 11.3 Å². The van der Waals surface area contributed by atoms with E-state index < -0.39 is 0 Å². The SMILES string of the molecule is CCOc1ccc(-c2cnc(CSCCOc3ccccc3)o2)cc1. The summed E-state index contributed by atoms with van der Waals surface area (Å²) in [5, 5.41) is 0. The van der Waals surface area contributed by atoms with E-state index in [4.69, 9.17) is 13.9 Å². The maximum Gasteiger partial charge on any atom is 0.204 e. The summed E-state index contributed by atoms with van der Waals surface area (Å²) in [6.45, 7) is 3.30. The Morgan fingerprint density at radius 2 is 1.72 bits per heavy atom. The largest absolute Gasteiger partial charge is 0.494 e. The fourth-order valence-corrected chi connectivity index (χ4v) is 2.94. The smallest absolute Gasteiger partial charge is 0.204 e. The maximum absolute atomic E-state index is 5.82. The molecule has 3 rings (SSSR count). The average molecular weight is 355 g/mol. The minimum Gasteiger partial charge on any atom is -0.494 e. The van der Waals surface area contributed by atoms with Crippen molar-refractivity contribution >= 4 is 11.8 Å². The molecule has 25 heavy (non-hydrogen) atoms. The predicted octanol–water partition coefficient (Wildman–Crippen LogP) is 5.05. The summed E-state index contributed by atoms with van der Waals surface area (Å²) in [5.41, 5.74) is 1.000. The van der Waals surface area contributed by atoms with Crippen molar-refractivity contribution in [1.29, 1.82) is 0 Å². The van der Waals surface area contributed by atoms with Gasteiger partial charge in [-0.25, -0.2) is 4.98 Å². The number of oxazole rings is 1. The maximum atomic E-state index is 5.82. The molecular formula is C20H21NO3S. The van der Waals surface area contributed by atoms with Crippen molar-refractivity contribution in [2.75, 3.05) is 19.0 Å². The molecule has 130 valence electrons. The van der Waals surface area contributed by atoms with Gasteiger partial charge >= 0.3 is 0 Å². The fourth-order valence-electron chi connectivity index (χ4n) is 2.29. The molecule has 0 aliphatic heterocycles. The van der Waals surface area contributed by atoms with Crippen LogP contribution in [-0.4, -0.2) is 24.0 Å². The Kier molecular flexibility index (Phi) is 6.40. The number of aromatic nitrogens is 1. The first-order chi connectivity index (χ1) is 12.3. The Labute approximate surface area is 152 Å². The summed E-state index contributed by atoms with van der Waals surface area (Å²) < 4.78 is 16.9. The molecule has 0 saturated heterocycles. The van der Waals surface area contributed by atoms with Crippen LogP contribution in [0.15, 0.2) is 65.2 Å². The summed E-state index contributed by atoms with van der Waals surface area (Å²) >= 11 is 1.74. The van der Waals surface area contributed by atoms with Crippen molar-refractivity contribution in [2.24, 2.45) is 0 Å². The quantitative estimate of drug-likeness (QED) is 0.502. The highest BCUT2D eigenvalue weighted by Crippen LogP contribution is 2.24. The summed E-state index contributed by atoms with van der Waals surface area (Å²) in [5.74, 6) is 4.88. The van der Waals surface area contributed by atoms with Gasteiger partial charge in [0.25, 0.3) is 0 Å². The van der Waals surface area contributed by atoms with Crippen LogP contribution < -0.4 is 9.47 Å². The summed E-state index contributed by atoms with van der Waals surface area (Å²) in [6.07, 6.45) is 1.77. The first-order valence-electron chi connectivity index (χ1n) is 8.28. The highest BCUT2D eigenvalue weighted by molar-refractivity contribution is 7.98. The highest BCUT2D eigenvalue weighted by atomic mass is 32.2. The van der Waals surface area contributed by atoms with Gasteiger partial charge in [0.05, 0.1) is 25.2 Å². The Balaban J connectivity index is 1.43. The molecule has 0 atom stereocenters. The Morgan fingerprint density at radius 1 is 0.960 bits per heavy atom. The summed E-state index contributed by atoms with van der Waals surface area (Å²) in [6, 6.07) is 17.7. The highest BCUT2D eigenvalue weighted by Gasteiger charge is 2.07. The van der Waals surface area contributed by atoms with Gasteiger partial charge in [-0.05, 0) is 43.3 Å². The van der Waals surface area contributed by atoms with Crippen LogP contribution >= 0.6 is 11.8 Å². The molecule has 0 N–H and O–H groups in total. The van der Waals surface area contributed by atoms with Crippen molar-refractivity contribution in [2.45, 2.75) is 12.7 Å². The van der Waals surface area contributed by atoms with E-state index in [1.807, 2.05) is 61.5 Å². The van der Waals surface area contributed by atoms with E-state index in [1.54, 1.807) is 18.0 Å². The van der Waals surface area contributed by atoms with Crippen LogP contribution in [0.1, 0.15) is 12.8 Å². The Hall–Kier alpha value is -2.40. The zero-order chi connectivity index (χ0) is 17.3. The lowest BCUT2D eigenvalue weighted by atomic mass is 10.2. The second-order valence-electron chi connectivity index (χ2n) is 5.29. The van der Waals surface area contributed by atoms with Gasteiger partial charge in [-0.2, -0.15) is 0 Å². The van der Waals surface area contributed by atoms with Gasteiger partial charge in [-0.1, -0.05) is 18.2 Å². The standard InChI is InChI=1S/C20H21NO3S/c1-2-22-18-10-8-16(9-11-18)19-14-21-20(24-19)15-25-13-12-23-17-6-4-3-5-7-17/h3-11,14H,2,12-13,15H2,1H3. The number of rotatable bonds is 9. The molecule has 0 spiro atoms. The second-order valence-corrected chi connectivity index (χ2v) is 6.39. The Bertz CT molecular complexity index is 756. The Morgan fingerprint density at radius 3 is 2.48 bits per heavy atom. The molecule has 4 nitrogen and oxygen atoms in total. The van der Waals surface area contributed by atoms with E-state index in [0.29, 0.717) is 13.2 Å². The first-order valence-corrected chi connectivity index (χ1v) is 9.44. The lowest BCUT2D eigenvalue weighted by Crippen LogP contribution is -2.00. The van der Waals surface area contributed by atoms with Crippen molar-refractivity contribution in [3.63, 3.8) is 0 Å². The van der Waals surface area contributed by atoms with Crippen LogP contribution in [0.4, 0.5) is 0 Å². The summed E-state index contributed by atoms with van der Waals surface area (Å²) in [4.78, 5) is 4.35. The average Bonchev–Trinajstić information content (AvgIpc) is 3.12. The fraction of sp³-hybridized carbons (Fsp3) is 0.250. The number of para-hydroxylation sites is 1. The van der Waals surface area contributed by atoms with E-state index in [2.05, 4.69) is 4.98 Å². The topological polar surface area (TPSA) is 44.5 Å². The molecule has 0 saturated carbocycles. The molecule has 0 aliphatic rings. The molecule has 0 fully saturated rings. The molecule has 0 unspecified atom stereocenters. The monoisotopic (exact) mass is 355 g/mol. The molecule has 1 heterocycles. The minimum absolute atomic E-state index is 0.664. The van der Waals surface area contributed by atoms with E-state index in [1.165, 1.54) is 0 Å². The zero-order valence-electron chi connectivity index (χ0n) is 14.2. The van der Waals surface area contributed by atoms with E-state index in [-0.39, 0.29) is 0 Å². The number of thioether (sulfide) groups is 1. The van der Waals surface area contributed by atoms with Crippen LogP contribution in [0.3, 0.4) is 0 Å². The molecule has 0 amide bonds. The molecular weight excluding hydrogens is 334 g/mol. The van der Waals surface area contributed by atoms with Crippen LogP contribution in [0.25, 0.3) is 11.3 Å². The van der Waals surface area contributed by atoms with Crippen LogP contribution in [0.5, 0.6) is 11.5 Å². The van der Waals surface area contributed by atoms with Gasteiger partial charge in [-0.3, -0.25) is 0 Å². The lowest BCUT2D eigenvalue weighted by molar-refractivity contribution is 0.340. The molecule has 0 radical (unpaired) electrons. The van der Waals surface area contributed by atoms with Crippen LogP contribution in [0.2, 0.25) is 0 Å². The third-order valence-electron chi connectivity index (χ3n) is 3.47. The minimum atomic E-state index is 0.664.